The van der Waals surface area contributed by atoms with Gasteiger partial charge in [-0.1, -0.05) is 23.7 Å². The summed E-state index contributed by atoms with van der Waals surface area (Å²) in [7, 11) is 0. The van der Waals surface area contributed by atoms with Crippen LogP contribution < -0.4 is 5.73 Å². The lowest BCUT2D eigenvalue weighted by Gasteiger charge is -2.11. The van der Waals surface area contributed by atoms with Gasteiger partial charge in [-0.2, -0.15) is 0 Å². The Labute approximate surface area is 98.5 Å². The van der Waals surface area contributed by atoms with Crippen molar-refractivity contribution in [3.63, 3.8) is 0 Å². The first-order valence-corrected chi connectivity index (χ1v) is 5.99. The maximum absolute atomic E-state index is 6.18. The molecule has 1 aromatic heterocycles. The molecule has 1 atom stereocenters. The van der Waals surface area contributed by atoms with E-state index in [0.29, 0.717) is 0 Å². The van der Waals surface area contributed by atoms with Crippen molar-refractivity contribution in [3.05, 3.63) is 56.7 Å². The number of rotatable bonds is 2. The average Bonchev–Trinajstić information content (AvgIpc) is 2.63. The molecule has 1 nitrogen and oxygen atoms in total. The second kappa shape index (κ2) is 4.35. The minimum absolute atomic E-state index is 0.0660. The number of halogens is 1. The molecule has 1 heterocycles. The van der Waals surface area contributed by atoms with Crippen LogP contribution in [0.25, 0.3) is 0 Å². The van der Waals surface area contributed by atoms with Crippen LogP contribution in [0.3, 0.4) is 0 Å². The van der Waals surface area contributed by atoms with Gasteiger partial charge < -0.3 is 5.73 Å². The van der Waals surface area contributed by atoms with Gasteiger partial charge in [0.15, 0.2) is 0 Å². The molecule has 1 aromatic carbocycles. The molecule has 78 valence electrons. The molecular weight excluding hydrogens is 226 g/mol. The summed E-state index contributed by atoms with van der Waals surface area (Å²) in [5.41, 5.74) is 8.49. The quantitative estimate of drug-likeness (QED) is 0.846. The highest BCUT2D eigenvalue weighted by Gasteiger charge is 2.12. The van der Waals surface area contributed by atoms with E-state index in [1.165, 1.54) is 10.4 Å². The van der Waals surface area contributed by atoms with Gasteiger partial charge in [0.05, 0.1) is 6.04 Å². The summed E-state index contributed by atoms with van der Waals surface area (Å²) in [6.45, 7) is 2.08. The van der Waals surface area contributed by atoms with Gasteiger partial charge in [-0.3, -0.25) is 0 Å². The van der Waals surface area contributed by atoms with Crippen LogP contribution in [-0.4, -0.2) is 0 Å². The molecule has 0 radical (unpaired) electrons. The second-order valence-electron chi connectivity index (χ2n) is 3.50. The van der Waals surface area contributed by atoms with Gasteiger partial charge in [-0.15, -0.1) is 11.3 Å². The predicted octanol–water partition coefficient (Wildman–Crippen LogP) is 3.76. The molecular formula is C12H12ClNS. The minimum Gasteiger partial charge on any atom is -0.320 e. The van der Waals surface area contributed by atoms with Crippen LogP contribution in [0.2, 0.25) is 5.02 Å². The highest BCUT2D eigenvalue weighted by molar-refractivity contribution is 7.10. The van der Waals surface area contributed by atoms with Crippen LogP contribution in [0, 0.1) is 6.92 Å². The molecule has 0 spiro atoms. The molecule has 0 saturated heterocycles. The van der Waals surface area contributed by atoms with Gasteiger partial charge in [0.25, 0.3) is 0 Å². The van der Waals surface area contributed by atoms with E-state index in [1.807, 2.05) is 24.3 Å². The number of benzene rings is 1. The molecule has 0 fully saturated rings. The molecule has 3 heteroatoms. The SMILES string of the molecule is Cc1ccsc1C(N)c1cccc(Cl)c1. The lowest BCUT2D eigenvalue weighted by molar-refractivity contribution is 0.885. The second-order valence-corrected chi connectivity index (χ2v) is 4.88. The van der Waals surface area contributed by atoms with E-state index in [0.717, 1.165) is 10.6 Å². The number of nitrogens with two attached hydrogens (primary N) is 1. The smallest absolute Gasteiger partial charge is 0.0649 e. The maximum Gasteiger partial charge on any atom is 0.0649 e. The van der Waals surface area contributed by atoms with Gasteiger partial charge >= 0.3 is 0 Å². The van der Waals surface area contributed by atoms with Crippen molar-refractivity contribution in [3.8, 4) is 0 Å². The largest absolute Gasteiger partial charge is 0.320 e. The van der Waals surface area contributed by atoms with Crippen LogP contribution in [0.1, 0.15) is 22.0 Å². The van der Waals surface area contributed by atoms with Crippen LogP contribution >= 0.6 is 22.9 Å². The number of hydrogen-bond donors (Lipinski definition) is 1. The number of hydrogen-bond acceptors (Lipinski definition) is 2. The molecule has 0 saturated carbocycles. The Hall–Kier alpha value is -0.830. The Bertz CT molecular complexity index is 464. The Kier molecular flexibility index (Phi) is 3.10. The molecule has 0 aliphatic carbocycles. The van der Waals surface area contributed by atoms with E-state index in [9.17, 15) is 0 Å². The molecule has 2 rings (SSSR count). The fourth-order valence-electron chi connectivity index (χ4n) is 1.55. The maximum atomic E-state index is 6.18. The van der Waals surface area contributed by atoms with Gasteiger partial charge in [-0.25, -0.2) is 0 Å². The van der Waals surface area contributed by atoms with Gasteiger partial charge in [0.2, 0.25) is 0 Å². The van der Waals surface area contributed by atoms with Crippen molar-refractivity contribution in [2.24, 2.45) is 5.73 Å². The third kappa shape index (κ3) is 2.23. The fraction of sp³-hybridized carbons (Fsp3) is 0.167. The zero-order chi connectivity index (χ0) is 10.8. The summed E-state index contributed by atoms with van der Waals surface area (Å²) >= 11 is 7.63. The molecule has 0 aliphatic rings. The molecule has 1 unspecified atom stereocenters. The predicted molar refractivity (Wildman–Crippen MR) is 66.5 cm³/mol. The Balaban J connectivity index is 2.36. The summed E-state index contributed by atoms with van der Waals surface area (Å²) in [5.74, 6) is 0. The van der Waals surface area contributed by atoms with Crippen molar-refractivity contribution in [2.75, 3.05) is 0 Å². The molecule has 0 aliphatic heterocycles. The minimum atomic E-state index is -0.0660. The summed E-state index contributed by atoms with van der Waals surface area (Å²) in [6.07, 6.45) is 0. The van der Waals surface area contributed by atoms with Crippen molar-refractivity contribution < 1.29 is 0 Å². The van der Waals surface area contributed by atoms with E-state index >= 15 is 0 Å². The van der Waals surface area contributed by atoms with E-state index in [4.69, 9.17) is 17.3 Å². The average molecular weight is 238 g/mol. The number of aryl methyl sites for hydroxylation is 1. The molecule has 2 aromatic rings. The van der Waals surface area contributed by atoms with Crippen LogP contribution in [0.15, 0.2) is 35.7 Å². The highest BCUT2D eigenvalue weighted by atomic mass is 35.5. The highest BCUT2D eigenvalue weighted by Crippen LogP contribution is 2.28. The molecule has 2 N–H and O–H groups in total. The first-order chi connectivity index (χ1) is 7.18. The molecule has 0 bridgehead atoms. The molecule has 15 heavy (non-hydrogen) atoms. The van der Waals surface area contributed by atoms with E-state index in [1.54, 1.807) is 11.3 Å². The lowest BCUT2D eigenvalue weighted by atomic mass is 10.0. The zero-order valence-electron chi connectivity index (χ0n) is 8.41. The van der Waals surface area contributed by atoms with Gasteiger partial charge in [0, 0.05) is 9.90 Å². The van der Waals surface area contributed by atoms with Crippen molar-refractivity contribution in [1.29, 1.82) is 0 Å². The topological polar surface area (TPSA) is 26.0 Å². The van der Waals surface area contributed by atoms with Gasteiger partial charge in [0.1, 0.15) is 0 Å². The van der Waals surface area contributed by atoms with Crippen molar-refractivity contribution in [2.45, 2.75) is 13.0 Å². The van der Waals surface area contributed by atoms with E-state index in [2.05, 4.69) is 18.4 Å². The first kappa shape index (κ1) is 10.7. The normalized spacial score (nSPS) is 12.7. The van der Waals surface area contributed by atoms with Crippen LogP contribution in [0.4, 0.5) is 0 Å². The first-order valence-electron chi connectivity index (χ1n) is 4.73. The lowest BCUT2D eigenvalue weighted by Crippen LogP contribution is -2.11. The monoisotopic (exact) mass is 237 g/mol. The Morgan fingerprint density at radius 1 is 1.33 bits per heavy atom. The molecule has 0 amide bonds. The zero-order valence-corrected chi connectivity index (χ0v) is 9.98. The fourth-order valence-corrected chi connectivity index (χ4v) is 2.71. The van der Waals surface area contributed by atoms with E-state index < -0.39 is 0 Å². The van der Waals surface area contributed by atoms with Crippen LogP contribution in [0.5, 0.6) is 0 Å². The number of thiophene rings is 1. The summed E-state index contributed by atoms with van der Waals surface area (Å²) in [5, 5.41) is 2.80. The summed E-state index contributed by atoms with van der Waals surface area (Å²) < 4.78 is 0. The standard InChI is InChI=1S/C12H12ClNS/c1-8-5-6-15-12(8)11(14)9-3-2-4-10(13)7-9/h2-7,11H,14H2,1H3. The third-order valence-corrected chi connectivity index (χ3v) is 3.73. The van der Waals surface area contributed by atoms with Gasteiger partial charge in [-0.05, 0) is 41.6 Å². The van der Waals surface area contributed by atoms with Crippen molar-refractivity contribution in [1.82, 2.24) is 0 Å². The Morgan fingerprint density at radius 3 is 2.73 bits per heavy atom. The van der Waals surface area contributed by atoms with E-state index in [-0.39, 0.29) is 6.04 Å². The Morgan fingerprint density at radius 2 is 2.13 bits per heavy atom. The summed E-state index contributed by atoms with van der Waals surface area (Å²) in [4.78, 5) is 1.21. The van der Waals surface area contributed by atoms with Crippen molar-refractivity contribution >= 4 is 22.9 Å². The summed E-state index contributed by atoms with van der Waals surface area (Å²) in [6, 6.07) is 9.74. The van der Waals surface area contributed by atoms with Crippen LogP contribution in [-0.2, 0) is 0 Å². The third-order valence-electron chi connectivity index (χ3n) is 2.39.